The fraction of sp³-hybridized carbons (Fsp3) is 0.500. The fourth-order valence-electron chi connectivity index (χ4n) is 1.83. The number of hydrogen-bond acceptors (Lipinski definition) is 3. The molecule has 1 atom stereocenters. The summed E-state index contributed by atoms with van der Waals surface area (Å²) in [7, 11) is 0. The topological polar surface area (TPSA) is 30.5 Å². The van der Waals surface area contributed by atoms with Crippen LogP contribution in [-0.4, -0.2) is 26.4 Å². The summed E-state index contributed by atoms with van der Waals surface area (Å²) in [6, 6.07) is 8.38. The zero-order valence-electron chi connectivity index (χ0n) is 12.2. The van der Waals surface area contributed by atoms with Crippen molar-refractivity contribution in [2.24, 2.45) is 0 Å². The van der Waals surface area contributed by atoms with E-state index < -0.39 is 0 Å². The Hall–Kier alpha value is -1.32. The van der Waals surface area contributed by atoms with E-state index in [1.807, 2.05) is 32.0 Å². The second kappa shape index (κ2) is 8.73. The highest BCUT2D eigenvalue weighted by molar-refractivity contribution is 5.35. The van der Waals surface area contributed by atoms with Crippen molar-refractivity contribution in [1.29, 1.82) is 0 Å². The van der Waals surface area contributed by atoms with Crippen molar-refractivity contribution >= 4 is 0 Å². The molecule has 1 unspecified atom stereocenters. The van der Waals surface area contributed by atoms with E-state index in [0.29, 0.717) is 19.8 Å². The Morgan fingerprint density at radius 1 is 1.37 bits per heavy atom. The van der Waals surface area contributed by atoms with Crippen LogP contribution >= 0.6 is 0 Å². The molecule has 0 aliphatic carbocycles. The molecule has 3 heteroatoms. The molecular weight excluding hydrogens is 238 g/mol. The number of hydrogen-bond donors (Lipinski definition) is 1. The van der Waals surface area contributed by atoms with Gasteiger partial charge >= 0.3 is 0 Å². The van der Waals surface area contributed by atoms with Crippen molar-refractivity contribution in [3.05, 3.63) is 42.0 Å². The third-order valence-electron chi connectivity index (χ3n) is 2.73. The van der Waals surface area contributed by atoms with Crippen LogP contribution in [0.15, 0.2) is 36.4 Å². The Bertz CT molecular complexity index is 390. The van der Waals surface area contributed by atoms with Gasteiger partial charge < -0.3 is 14.8 Å². The van der Waals surface area contributed by atoms with Gasteiger partial charge in [-0.2, -0.15) is 0 Å². The molecule has 0 aliphatic rings. The molecule has 1 aromatic carbocycles. The summed E-state index contributed by atoms with van der Waals surface area (Å²) in [5.41, 5.74) is 2.24. The van der Waals surface area contributed by atoms with Crippen molar-refractivity contribution in [1.82, 2.24) is 5.32 Å². The van der Waals surface area contributed by atoms with Gasteiger partial charge in [0, 0.05) is 18.2 Å². The first kappa shape index (κ1) is 15.7. The Kier molecular flexibility index (Phi) is 7.23. The van der Waals surface area contributed by atoms with E-state index >= 15 is 0 Å². The molecule has 0 aromatic heterocycles. The number of nitrogens with one attached hydrogen (secondary N) is 1. The zero-order chi connectivity index (χ0) is 14.1. The van der Waals surface area contributed by atoms with Crippen LogP contribution in [0.25, 0.3) is 0 Å². The molecule has 0 bridgehead atoms. The highest BCUT2D eigenvalue weighted by atomic mass is 16.5. The summed E-state index contributed by atoms with van der Waals surface area (Å²) >= 11 is 0. The fourth-order valence-corrected chi connectivity index (χ4v) is 1.83. The minimum Gasteiger partial charge on any atom is -0.494 e. The van der Waals surface area contributed by atoms with Crippen molar-refractivity contribution in [3.63, 3.8) is 0 Å². The van der Waals surface area contributed by atoms with Gasteiger partial charge in [0.25, 0.3) is 0 Å². The van der Waals surface area contributed by atoms with E-state index in [-0.39, 0.29) is 6.04 Å². The van der Waals surface area contributed by atoms with Gasteiger partial charge in [0.1, 0.15) is 5.75 Å². The minimum atomic E-state index is 0.246. The molecule has 19 heavy (non-hydrogen) atoms. The average molecular weight is 263 g/mol. The maximum atomic E-state index is 5.63. The summed E-state index contributed by atoms with van der Waals surface area (Å²) in [6.45, 7) is 12.7. The highest BCUT2D eigenvalue weighted by Gasteiger charge is 2.09. The van der Waals surface area contributed by atoms with Gasteiger partial charge in [0.15, 0.2) is 0 Å². The Morgan fingerprint density at radius 2 is 2.11 bits per heavy atom. The molecule has 0 amide bonds. The van der Waals surface area contributed by atoms with E-state index in [1.165, 1.54) is 5.56 Å². The maximum Gasteiger partial charge on any atom is 0.124 e. The normalized spacial score (nSPS) is 12.2. The predicted molar refractivity (Wildman–Crippen MR) is 79.7 cm³/mol. The SMILES string of the molecule is C=C(C)COCCNC(C)c1ccccc1OCC. The second-order valence-electron chi connectivity index (χ2n) is 4.66. The van der Waals surface area contributed by atoms with Crippen LogP contribution < -0.4 is 10.1 Å². The lowest BCUT2D eigenvalue weighted by Crippen LogP contribution is -2.24. The number of rotatable bonds is 9. The van der Waals surface area contributed by atoms with Crippen LogP contribution in [0.5, 0.6) is 5.75 Å². The standard InChI is InChI=1S/C16H25NO2/c1-5-19-16-9-7-6-8-15(16)14(4)17-10-11-18-12-13(2)3/h6-9,14,17H,2,5,10-12H2,1,3-4H3. The molecule has 0 saturated carbocycles. The Balaban J connectivity index is 2.40. The van der Waals surface area contributed by atoms with Crippen LogP contribution in [0.2, 0.25) is 0 Å². The largest absolute Gasteiger partial charge is 0.494 e. The summed E-state index contributed by atoms with van der Waals surface area (Å²) in [5.74, 6) is 0.952. The Labute approximate surface area is 116 Å². The molecule has 0 aliphatic heterocycles. The van der Waals surface area contributed by atoms with Gasteiger partial charge in [0.2, 0.25) is 0 Å². The van der Waals surface area contributed by atoms with Crippen molar-refractivity contribution in [2.75, 3.05) is 26.4 Å². The average Bonchev–Trinajstić information content (AvgIpc) is 2.39. The molecular formula is C16H25NO2. The molecule has 0 spiro atoms. The molecule has 0 saturated heterocycles. The van der Waals surface area contributed by atoms with E-state index in [2.05, 4.69) is 24.9 Å². The van der Waals surface area contributed by atoms with Crippen LogP contribution in [-0.2, 0) is 4.74 Å². The number of benzene rings is 1. The molecule has 106 valence electrons. The van der Waals surface area contributed by atoms with E-state index in [1.54, 1.807) is 0 Å². The first-order valence-electron chi connectivity index (χ1n) is 6.82. The van der Waals surface area contributed by atoms with Gasteiger partial charge in [-0.05, 0) is 26.8 Å². The van der Waals surface area contributed by atoms with Crippen molar-refractivity contribution in [2.45, 2.75) is 26.8 Å². The zero-order valence-corrected chi connectivity index (χ0v) is 12.2. The van der Waals surface area contributed by atoms with Gasteiger partial charge in [-0.25, -0.2) is 0 Å². The number of para-hydroxylation sites is 1. The smallest absolute Gasteiger partial charge is 0.124 e. The number of ether oxygens (including phenoxy) is 2. The van der Waals surface area contributed by atoms with Crippen LogP contribution in [0.3, 0.4) is 0 Å². The van der Waals surface area contributed by atoms with Gasteiger partial charge in [0.05, 0.1) is 19.8 Å². The third kappa shape index (κ3) is 5.90. The van der Waals surface area contributed by atoms with Crippen LogP contribution in [0, 0.1) is 0 Å². The third-order valence-corrected chi connectivity index (χ3v) is 2.73. The van der Waals surface area contributed by atoms with Crippen molar-refractivity contribution in [3.8, 4) is 5.75 Å². The molecule has 1 rings (SSSR count). The van der Waals surface area contributed by atoms with Gasteiger partial charge in [-0.1, -0.05) is 30.4 Å². The lowest BCUT2D eigenvalue weighted by Gasteiger charge is -2.18. The van der Waals surface area contributed by atoms with E-state index in [4.69, 9.17) is 9.47 Å². The molecule has 0 fully saturated rings. The summed E-state index contributed by atoms with van der Waals surface area (Å²) in [6.07, 6.45) is 0. The Morgan fingerprint density at radius 3 is 2.79 bits per heavy atom. The maximum absolute atomic E-state index is 5.63. The quantitative estimate of drug-likeness (QED) is 0.547. The van der Waals surface area contributed by atoms with E-state index in [0.717, 1.165) is 17.9 Å². The van der Waals surface area contributed by atoms with Crippen LogP contribution in [0.1, 0.15) is 32.4 Å². The summed E-state index contributed by atoms with van der Waals surface area (Å²) in [5, 5.41) is 3.44. The van der Waals surface area contributed by atoms with E-state index in [9.17, 15) is 0 Å². The lowest BCUT2D eigenvalue weighted by molar-refractivity contribution is 0.155. The van der Waals surface area contributed by atoms with Gasteiger partial charge in [-0.3, -0.25) is 0 Å². The summed E-state index contributed by atoms with van der Waals surface area (Å²) < 4.78 is 11.1. The summed E-state index contributed by atoms with van der Waals surface area (Å²) in [4.78, 5) is 0. The lowest BCUT2D eigenvalue weighted by atomic mass is 10.1. The first-order chi connectivity index (χ1) is 9.15. The molecule has 0 heterocycles. The molecule has 0 radical (unpaired) electrons. The first-order valence-corrected chi connectivity index (χ1v) is 6.82. The van der Waals surface area contributed by atoms with Crippen molar-refractivity contribution < 1.29 is 9.47 Å². The monoisotopic (exact) mass is 263 g/mol. The molecule has 1 N–H and O–H groups in total. The predicted octanol–water partition coefficient (Wildman–Crippen LogP) is 3.33. The highest BCUT2D eigenvalue weighted by Crippen LogP contribution is 2.24. The minimum absolute atomic E-state index is 0.246. The second-order valence-corrected chi connectivity index (χ2v) is 4.66. The van der Waals surface area contributed by atoms with Crippen LogP contribution in [0.4, 0.5) is 0 Å². The molecule has 1 aromatic rings. The van der Waals surface area contributed by atoms with Gasteiger partial charge in [-0.15, -0.1) is 0 Å². The molecule has 3 nitrogen and oxygen atoms in total.